The number of nitrogens with zero attached hydrogens (tertiary/aromatic N) is 5. The first-order chi connectivity index (χ1) is 12.0. The molecule has 0 aliphatic carbocycles. The average Bonchev–Trinajstić information content (AvgIpc) is 3.25. The molecule has 1 fully saturated rings. The van der Waals surface area contributed by atoms with Crippen molar-refractivity contribution in [3.63, 3.8) is 0 Å². The Morgan fingerprint density at radius 3 is 3.04 bits per heavy atom. The molecule has 1 aliphatic heterocycles. The summed E-state index contributed by atoms with van der Waals surface area (Å²) in [6.07, 6.45) is 4.24. The third kappa shape index (κ3) is 4.33. The number of carbonyl (C=O) groups is 1. The molecule has 0 spiro atoms. The highest BCUT2D eigenvalue weighted by atomic mass is 16.5. The van der Waals surface area contributed by atoms with Gasteiger partial charge in [0.2, 0.25) is 5.89 Å². The van der Waals surface area contributed by atoms with Crippen LogP contribution in [0.25, 0.3) is 0 Å². The second kappa shape index (κ2) is 7.60. The number of amides is 2. The van der Waals surface area contributed by atoms with E-state index >= 15 is 0 Å². The number of rotatable bonds is 5. The zero-order valence-electron chi connectivity index (χ0n) is 14.8. The van der Waals surface area contributed by atoms with Crippen LogP contribution >= 0.6 is 0 Å². The van der Waals surface area contributed by atoms with Crippen molar-refractivity contribution in [2.45, 2.75) is 38.8 Å². The minimum atomic E-state index is -0.0921. The molecule has 8 nitrogen and oxygen atoms in total. The molecule has 3 heterocycles. The summed E-state index contributed by atoms with van der Waals surface area (Å²) in [5.74, 6) is 1.57. The predicted octanol–water partition coefficient (Wildman–Crippen LogP) is 2.33. The van der Waals surface area contributed by atoms with Gasteiger partial charge in [-0.25, -0.2) is 4.79 Å². The Morgan fingerprint density at radius 2 is 2.36 bits per heavy atom. The van der Waals surface area contributed by atoms with Crippen molar-refractivity contribution in [1.29, 1.82) is 0 Å². The number of anilines is 1. The molecule has 1 saturated heterocycles. The van der Waals surface area contributed by atoms with E-state index in [2.05, 4.69) is 25.3 Å². The second-order valence-corrected chi connectivity index (χ2v) is 6.68. The van der Waals surface area contributed by atoms with E-state index in [1.807, 2.05) is 31.9 Å². The number of carbonyl (C=O) groups excluding carboxylic acids is 1. The van der Waals surface area contributed by atoms with Crippen LogP contribution in [0.3, 0.4) is 0 Å². The Kier molecular flexibility index (Phi) is 5.28. The largest absolute Gasteiger partial charge is 0.339 e. The quantitative estimate of drug-likeness (QED) is 0.896. The number of pyridine rings is 1. The van der Waals surface area contributed by atoms with Crippen LogP contribution in [0.5, 0.6) is 0 Å². The van der Waals surface area contributed by atoms with Gasteiger partial charge in [0.1, 0.15) is 0 Å². The van der Waals surface area contributed by atoms with Crippen LogP contribution in [0.1, 0.15) is 37.9 Å². The highest BCUT2D eigenvalue weighted by Crippen LogP contribution is 2.18. The third-order valence-electron chi connectivity index (χ3n) is 4.36. The van der Waals surface area contributed by atoms with Gasteiger partial charge in [0.15, 0.2) is 5.82 Å². The van der Waals surface area contributed by atoms with E-state index in [9.17, 15) is 4.79 Å². The first-order valence-corrected chi connectivity index (χ1v) is 8.51. The highest BCUT2D eigenvalue weighted by molar-refractivity contribution is 5.89. The van der Waals surface area contributed by atoms with E-state index < -0.39 is 0 Å². The highest BCUT2D eigenvalue weighted by Gasteiger charge is 2.29. The summed E-state index contributed by atoms with van der Waals surface area (Å²) in [5, 5.41) is 6.91. The van der Waals surface area contributed by atoms with Gasteiger partial charge >= 0.3 is 6.03 Å². The second-order valence-electron chi connectivity index (χ2n) is 6.68. The Morgan fingerprint density at radius 1 is 1.52 bits per heavy atom. The molecular weight excluding hydrogens is 320 g/mol. The van der Waals surface area contributed by atoms with Gasteiger partial charge in [-0.15, -0.1) is 0 Å². The van der Waals surface area contributed by atoms with Gasteiger partial charge in [0, 0.05) is 31.2 Å². The van der Waals surface area contributed by atoms with Crippen molar-refractivity contribution in [1.82, 2.24) is 24.9 Å². The molecule has 3 rings (SSSR count). The first-order valence-electron chi connectivity index (χ1n) is 8.51. The van der Waals surface area contributed by atoms with Crippen LogP contribution in [-0.4, -0.2) is 57.1 Å². The maximum Gasteiger partial charge on any atom is 0.321 e. The number of nitrogens with one attached hydrogen (secondary N) is 1. The molecule has 134 valence electrons. The standard InChI is InChI=1S/C17H24N6O2/c1-12(2)16-20-15(21-25-16)11-22(3)14-6-8-23(10-14)17(24)19-13-5-4-7-18-9-13/h4-5,7,9,12,14H,6,8,10-11H2,1-3H3,(H,19,24)/t14-/m1/s1. The zero-order chi connectivity index (χ0) is 17.8. The van der Waals surface area contributed by atoms with Crippen LogP contribution in [0.15, 0.2) is 29.0 Å². The van der Waals surface area contributed by atoms with E-state index in [0.29, 0.717) is 30.5 Å². The molecule has 25 heavy (non-hydrogen) atoms. The van der Waals surface area contributed by atoms with Crippen molar-refractivity contribution < 1.29 is 9.32 Å². The fourth-order valence-electron chi connectivity index (χ4n) is 2.84. The molecule has 2 aromatic rings. The lowest BCUT2D eigenvalue weighted by atomic mass is 10.2. The minimum absolute atomic E-state index is 0.0921. The smallest absolute Gasteiger partial charge is 0.321 e. The summed E-state index contributed by atoms with van der Waals surface area (Å²) < 4.78 is 5.25. The Bertz CT molecular complexity index is 702. The molecule has 1 atom stereocenters. The number of urea groups is 1. The Hall–Kier alpha value is -2.48. The molecule has 1 aliphatic rings. The molecule has 0 aromatic carbocycles. The first kappa shape index (κ1) is 17.3. The fourth-order valence-corrected chi connectivity index (χ4v) is 2.84. The molecule has 0 unspecified atom stereocenters. The number of hydrogen-bond acceptors (Lipinski definition) is 6. The SMILES string of the molecule is CC(C)c1nc(CN(C)[C@@H]2CCN(C(=O)Nc3cccnc3)C2)no1. The van der Waals surface area contributed by atoms with E-state index in [-0.39, 0.29) is 18.0 Å². The van der Waals surface area contributed by atoms with E-state index in [1.165, 1.54) is 0 Å². The molecule has 8 heteroatoms. The number of likely N-dealkylation sites (tertiary alicyclic amines) is 1. The van der Waals surface area contributed by atoms with Crippen LogP contribution < -0.4 is 5.32 Å². The Balaban J connectivity index is 1.52. The summed E-state index contributed by atoms with van der Waals surface area (Å²) >= 11 is 0. The van der Waals surface area contributed by atoms with Crippen LogP contribution in [0.2, 0.25) is 0 Å². The number of aromatic nitrogens is 3. The summed E-state index contributed by atoms with van der Waals surface area (Å²) in [6, 6.07) is 3.81. The van der Waals surface area contributed by atoms with Gasteiger partial charge < -0.3 is 14.7 Å². The van der Waals surface area contributed by atoms with E-state index in [0.717, 1.165) is 13.0 Å². The van der Waals surface area contributed by atoms with Gasteiger partial charge in [-0.3, -0.25) is 9.88 Å². The van der Waals surface area contributed by atoms with Crippen molar-refractivity contribution in [2.24, 2.45) is 0 Å². The van der Waals surface area contributed by atoms with Crippen molar-refractivity contribution in [3.8, 4) is 0 Å². The van der Waals surface area contributed by atoms with Gasteiger partial charge in [-0.2, -0.15) is 4.98 Å². The molecule has 0 radical (unpaired) electrons. The molecule has 2 aromatic heterocycles. The number of likely N-dealkylation sites (N-methyl/N-ethyl adjacent to an activating group) is 1. The third-order valence-corrected chi connectivity index (χ3v) is 4.36. The minimum Gasteiger partial charge on any atom is -0.339 e. The molecule has 2 amide bonds. The maximum atomic E-state index is 12.3. The molecular formula is C17H24N6O2. The summed E-state index contributed by atoms with van der Waals surface area (Å²) in [4.78, 5) is 24.8. The molecule has 0 bridgehead atoms. The summed E-state index contributed by atoms with van der Waals surface area (Å²) in [7, 11) is 2.03. The van der Waals surface area contributed by atoms with E-state index in [4.69, 9.17) is 4.52 Å². The van der Waals surface area contributed by atoms with Gasteiger partial charge in [0.25, 0.3) is 0 Å². The zero-order valence-corrected chi connectivity index (χ0v) is 14.8. The molecule has 0 saturated carbocycles. The van der Waals surface area contributed by atoms with Gasteiger partial charge in [-0.05, 0) is 25.6 Å². The van der Waals surface area contributed by atoms with Crippen molar-refractivity contribution in [2.75, 3.05) is 25.5 Å². The van der Waals surface area contributed by atoms with E-state index in [1.54, 1.807) is 18.5 Å². The van der Waals surface area contributed by atoms with Crippen molar-refractivity contribution >= 4 is 11.7 Å². The Labute approximate surface area is 147 Å². The normalized spacial score (nSPS) is 17.5. The fraction of sp³-hybridized carbons (Fsp3) is 0.529. The van der Waals surface area contributed by atoms with Gasteiger partial charge in [0.05, 0.1) is 18.4 Å². The van der Waals surface area contributed by atoms with Crippen molar-refractivity contribution in [3.05, 3.63) is 36.2 Å². The monoisotopic (exact) mass is 344 g/mol. The lowest BCUT2D eigenvalue weighted by molar-refractivity contribution is 0.205. The lowest BCUT2D eigenvalue weighted by Gasteiger charge is -2.23. The predicted molar refractivity (Wildman–Crippen MR) is 93.1 cm³/mol. The van der Waals surface area contributed by atoms with Crippen LogP contribution in [-0.2, 0) is 6.54 Å². The summed E-state index contributed by atoms with van der Waals surface area (Å²) in [5.41, 5.74) is 0.706. The topological polar surface area (TPSA) is 87.4 Å². The van der Waals surface area contributed by atoms with Gasteiger partial charge in [-0.1, -0.05) is 19.0 Å². The molecule has 1 N–H and O–H groups in total. The van der Waals surface area contributed by atoms with Crippen LogP contribution in [0, 0.1) is 0 Å². The van der Waals surface area contributed by atoms with Crippen LogP contribution in [0.4, 0.5) is 10.5 Å². The average molecular weight is 344 g/mol. The lowest BCUT2D eigenvalue weighted by Crippen LogP contribution is -2.38. The summed E-state index contributed by atoms with van der Waals surface area (Å²) in [6.45, 7) is 6.06. The maximum absolute atomic E-state index is 12.3. The number of hydrogen-bond donors (Lipinski definition) is 1.